The molecule has 0 aliphatic carbocycles. The second-order valence-electron chi connectivity index (χ2n) is 5.78. The molecule has 0 spiro atoms. The molecular weight excluding hydrogens is 297 g/mol. The number of carbonyl (C=O) groups is 2. The molecule has 1 aliphatic heterocycles. The number of benzene rings is 1. The van der Waals surface area contributed by atoms with Gasteiger partial charge in [0.25, 0.3) is 0 Å². The number of hydrogen-bond acceptors (Lipinski definition) is 3. The highest BCUT2D eigenvalue weighted by Crippen LogP contribution is 2.17. The lowest BCUT2D eigenvalue weighted by molar-refractivity contribution is -0.139. The van der Waals surface area contributed by atoms with E-state index in [1.54, 1.807) is 21.9 Å². The maximum Gasteiger partial charge on any atom is 0.242 e. The van der Waals surface area contributed by atoms with Crippen LogP contribution in [0.1, 0.15) is 20.3 Å². The lowest BCUT2D eigenvalue weighted by Crippen LogP contribution is -2.51. The Labute approximate surface area is 136 Å². The number of anilines is 1. The maximum atomic E-state index is 13.0. The summed E-state index contributed by atoms with van der Waals surface area (Å²) in [6, 6.07) is 6.40. The molecular formula is C17H24FN3O2. The SMILES string of the molecule is CCCN(CC(=O)N1CCN(c2ccc(F)cc2)CC1)C(C)=O. The van der Waals surface area contributed by atoms with Crippen molar-refractivity contribution in [2.75, 3.05) is 44.2 Å². The Hall–Kier alpha value is -2.11. The second-order valence-corrected chi connectivity index (χ2v) is 5.78. The lowest BCUT2D eigenvalue weighted by Gasteiger charge is -2.37. The van der Waals surface area contributed by atoms with E-state index in [-0.39, 0.29) is 24.2 Å². The topological polar surface area (TPSA) is 43.9 Å². The van der Waals surface area contributed by atoms with Crippen molar-refractivity contribution in [2.24, 2.45) is 0 Å². The fourth-order valence-corrected chi connectivity index (χ4v) is 2.75. The van der Waals surface area contributed by atoms with Gasteiger partial charge in [0, 0.05) is 45.3 Å². The highest BCUT2D eigenvalue weighted by atomic mass is 19.1. The first kappa shape index (κ1) is 17.2. The largest absolute Gasteiger partial charge is 0.368 e. The normalized spacial score (nSPS) is 14.7. The number of halogens is 1. The molecule has 2 rings (SSSR count). The van der Waals surface area contributed by atoms with Crippen LogP contribution in [-0.4, -0.2) is 60.9 Å². The van der Waals surface area contributed by atoms with E-state index >= 15 is 0 Å². The smallest absolute Gasteiger partial charge is 0.242 e. The average molecular weight is 321 g/mol. The molecule has 126 valence electrons. The van der Waals surface area contributed by atoms with Crippen molar-refractivity contribution in [3.63, 3.8) is 0 Å². The molecule has 0 bridgehead atoms. The van der Waals surface area contributed by atoms with Gasteiger partial charge in [0.15, 0.2) is 0 Å². The highest BCUT2D eigenvalue weighted by molar-refractivity contribution is 5.84. The van der Waals surface area contributed by atoms with Crippen molar-refractivity contribution in [1.82, 2.24) is 9.80 Å². The zero-order valence-corrected chi connectivity index (χ0v) is 13.8. The van der Waals surface area contributed by atoms with Gasteiger partial charge in [-0.15, -0.1) is 0 Å². The van der Waals surface area contributed by atoms with E-state index in [1.165, 1.54) is 19.1 Å². The molecule has 1 aromatic carbocycles. The van der Waals surface area contributed by atoms with Crippen LogP contribution in [0, 0.1) is 5.82 Å². The molecule has 23 heavy (non-hydrogen) atoms. The molecule has 1 fully saturated rings. The molecule has 1 aliphatic rings. The molecule has 0 radical (unpaired) electrons. The third kappa shape index (κ3) is 4.68. The lowest BCUT2D eigenvalue weighted by atomic mass is 10.2. The van der Waals surface area contributed by atoms with Crippen molar-refractivity contribution < 1.29 is 14.0 Å². The second kappa shape index (κ2) is 7.94. The van der Waals surface area contributed by atoms with Crippen LogP contribution >= 0.6 is 0 Å². The summed E-state index contributed by atoms with van der Waals surface area (Å²) in [4.78, 5) is 29.4. The van der Waals surface area contributed by atoms with Gasteiger partial charge < -0.3 is 14.7 Å². The number of carbonyl (C=O) groups excluding carboxylic acids is 2. The number of rotatable bonds is 5. The summed E-state index contributed by atoms with van der Waals surface area (Å²) in [5, 5.41) is 0. The van der Waals surface area contributed by atoms with Gasteiger partial charge in [-0.25, -0.2) is 4.39 Å². The van der Waals surface area contributed by atoms with Crippen LogP contribution in [0.2, 0.25) is 0 Å². The van der Waals surface area contributed by atoms with Crippen LogP contribution in [-0.2, 0) is 9.59 Å². The summed E-state index contributed by atoms with van der Waals surface area (Å²) < 4.78 is 13.0. The predicted molar refractivity (Wildman–Crippen MR) is 87.7 cm³/mol. The summed E-state index contributed by atoms with van der Waals surface area (Å²) in [5.41, 5.74) is 0.967. The average Bonchev–Trinajstić information content (AvgIpc) is 2.55. The van der Waals surface area contributed by atoms with Gasteiger partial charge >= 0.3 is 0 Å². The van der Waals surface area contributed by atoms with Crippen LogP contribution in [0.25, 0.3) is 0 Å². The number of piperazine rings is 1. The summed E-state index contributed by atoms with van der Waals surface area (Å²) in [6.45, 7) is 6.91. The molecule has 5 nitrogen and oxygen atoms in total. The van der Waals surface area contributed by atoms with Gasteiger partial charge in [-0.1, -0.05) is 6.92 Å². The van der Waals surface area contributed by atoms with Gasteiger partial charge in [-0.2, -0.15) is 0 Å². The van der Waals surface area contributed by atoms with Crippen LogP contribution in [0.4, 0.5) is 10.1 Å². The van der Waals surface area contributed by atoms with E-state index in [0.29, 0.717) is 32.7 Å². The summed E-state index contributed by atoms with van der Waals surface area (Å²) in [5.74, 6) is -0.319. The van der Waals surface area contributed by atoms with E-state index in [4.69, 9.17) is 0 Å². The highest BCUT2D eigenvalue weighted by Gasteiger charge is 2.23. The molecule has 0 aromatic heterocycles. The fourth-order valence-electron chi connectivity index (χ4n) is 2.75. The quantitative estimate of drug-likeness (QED) is 0.830. The summed E-state index contributed by atoms with van der Waals surface area (Å²) >= 11 is 0. The molecule has 2 amide bonds. The van der Waals surface area contributed by atoms with Gasteiger partial charge in [-0.05, 0) is 30.7 Å². The third-order valence-electron chi connectivity index (χ3n) is 4.09. The van der Waals surface area contributed by atoms with E-state index < -0.39 is 0 Å². The van der Waals surface area contributed by atoms with Crippen LogP contribution in [0.3, 0.4) is 0 Å². The third-order valence-corrected chi connectivity index (χ3v) is 4.09. The fraction of sp³-hybridized carbons (Fsp3) is 0.529. The van der Waals surface area contributed by atoms with E-state index in [0.717, 1.165) is 12.1 Å². The Morgan fingerprint density at radius 3 is 2.26 bits per heavy atom. The van der Waals surface area contributed by atoms with Crippen molar-refractivity contribution in [3.05, 3.63) is 30.1 Å². The van der Waals surface area contributed by atoms with E-state index in [2.05, 4.69) is 4.90 Å². The molecule has 0 N–H and O–H groups in total. The van der Waals surface area contributed by atoms with Crippen molar-refractivity contribution in [2.45, 2.75) is 20.3 Å². The minimum atomic E-state index is -0.247. The van der Waals surface area contributed by atoms with Crippen molar-refractivity contribution >= 4 is 17.5 Å². The zero-order valence-electron chi connectivity index (χ0n) is 13.8. The minimum absolute atomic E-state index is 0.00703. The molecule has 1 saturated heterocycles. The van der Waals surface area contributed by atoms with Gasteiger partial charge in [0.1, 0.15) is 5.82 Å². The molecule has 1 aromatic rings. The van der Waals surface area contributed by atoms with E-state index in [1.807, 2.05) is 6.92 Å². The Morgan fingerprint density at radius 2 is 1.74 bits per heavy atom. The number of amides is 2. The first-order chi connectivity index (χ1) is 11.0. The molecule has 6 heteroatoms. The standard InChI is InChI=1S/C17H24FN3O2/c1-3-8-21(14(2)22)13-17(23)20-11-9-19(10-12-20)16-6-4-15(18)5-7-16/h4-7H,3,8-13H2,1-2H3. The van der Waals surface area contributed by atoms with Crippen molar-refractivity contribution in [3.8, 4) is 0 Å². The summed E-state index contributed by atoms with van der Waals surface area (Å²) in [7, 11) is 0. The zero-order chi connectivity index (χ0) is 16.8. The summed E-state index contributed by atoms with van der Waals surface area (Å²) in [6.07, 6.45) is 0.838. The first-order valence-corrected chi connectivity index (χ1v) is 8.05. The van der Waals surface area contributed by atoms with E-state index in [9.17, 15) is 14.0 Å². The Bertz CT molecular complexity index is 539. The maximum absolute atomic E-state index is 13.0. The Balaban J connectivity index is 1.87. The first-order valence-electron chi connectivity index (χ1n) is 8.05. The van der Waals surface area contributed by atoms with Crippen LogP contribution in [0.5, 0.6) is 0 Å². The Morgan fingerprint density at radius 1 is 1.13 bits per heavy atom. The van der Waals surface area contributed by atoms with Gasteiger partial charge in [0.2, 0.25) is 11.8 Å². The number of nitrogens with zero attached hydrogens (tertiary/aromatic N) is 3. The molecule has 0 saturated carbocycles. The predicted octanol–water partition coefficient (Wildman–Crippen LogP) is 1.73. The van der Waals surface area contributed by atoms with Crippen molar-refractivity contribution in [1.29, 1.82) is 0 Å². The molecule has 1 heterocycles. The Kier molecular flexibility index (Phi) is 5.96. The monoisotopic (exact) mass is 321 g/mol. The number of hydrogen-bond donors (Lipinski definition) is 0. The molecule has 0 unspecified atom stereocenters. The van der Waals surface area contributed by atoms with Gasteiger partial charge in [0.05, 0.1) is 6.54 Å². The molecule has 0 atom stereocenters. The van der Waals surface area contributed by atoms with Crippen LogP contribution < -0.4 is 4.90 Å². The van der Waals surface area contributed by atoms with Gasteiger partial charge in [-0.3, -0.25) is 9.59 Å². The van der Waals surface area contributed by atoms with Crippen LogP contribution in [0.15, 0.2) is 24.3 Å². The minimum Gasteiger partial charge on any atom is -0.368 e.